The van der Waals surface area contributed by atoms with Gasteiger partial charge in [-0.3, -0.25) is 4.79 Å². The Hall–Kier alpha value is -2.49. The summed E-state index contributed by atoms with van der Waals surface area (Å²) in [5, 5.41) is 33.1. The average molecular weight is 434 g/mol. The largest absolute Gasteiger partial charge is 0.505 e. The lowest BCUT2D eigenvalue weighted by Crippen LogP contribution is -2.33. The second-order valence-corrected chi connectivity index (χ2v) is 6.47. The molecule has 0 radical (unpaired) electrons. The molecule has 0 amide bonds. The number of hydrogen-bond acceptors (Lipinski definition) is 9. The summed E-state index contributed by atoms with van der Waals surface area (Å²) in [6.07, 6.45) is -3.00. The molecule has 1 aromatic rings. The summed E-state index contributed by atoms with van der Waals surface area (Å²) in [4.78, 5) is 27.8. The van der Waals surface area contributed by atoms with Crippen molar-refractivity contribution >= 4 is 40.9 Å². The number of rotatable bonds is 8. The minimum absolute atomic E-state index is 0.104. The Balaban J connectivity index is 1.89. The molecule has 0 saturated carbocycles. The molecule has 1 heterocycles. The summed E-state index contributed by atoms with van der Waals surface area (Å²) in [5.41, 5.74) is 1.03. The van der Waals surface area contributed by atoms with Crippen molar-refractivity contribution in [2.45, 2.75) is 25.0 Å². The van der Waals surface area contributed by atoms with Crippen LogP contribution < -0.4 is 0 Å². The number of hydrogen-bond donors (Lipinski definition) is 3. The summed E-state index contributed by atoms with van der Waals surface area (Å²) < 4.78 is 9.48. The molecule has 0 saturated heterocycles. The Bertz CT molecular complexity index is 823. The highest BCUT2D eigenvalue weighted by atomic mass is 35.5. The molecule has 1 aliphatic rings. The maximum Gasteiger partial charge on any atom is 0.377 e. The summed E-state index contributed by atoms with van der Waals surface area (Å²) in [6, 6.07) is 4.82. The van der Waals surface area contributed by atoms with Gasteiger partial charge >= 0.3 is 11.9 Å². The SMILES string of the molecule is CO/N=C(\CCC(=O)OC[C@H](O)[C@H]1OC(=O)C(O)=C1O)c1ccc(Cl)c(Cl)c1. The van der Waals surface area contributed by atoms with Gasteiger partial charge in [0.05, 0.1) is 22.2 Å². The molecule has 11 heteroatoms. The highest BCUT2D eigenvalue weighted by Crippen LogP contribution is 2.24. The van der Waals surface area contributed by atoms with E-state index >= 15 is 0 Å². The first-order chi connectivity index (χ1) is 13.2. The number of carbonyl (C=O) groups is 2. The van der Waals surface area contributed by atoms with E-state index in [4.69, 9.17) is 32.8 Å². The highest BCUT2D eigenvalue weighted by molar-refractivity contribution is 6.42. The third kappa shape index (κ3) is 5.28. The van der Waals surface area contributed by atoms with Crippen LogP contribution in [0.5, 0.6) is 0 Å². The first kappa shape index (κ1) is 21.8. The fourth-order valence-corrected chi connectivity index (χ4v) is 2.61. The molecule has 0 aromatic heterocycles. The summed E-state index contributed by atoms with van der Waals surface area (Å²) in [7, 11) is 1.35. The first-order valence-corrected chi connectivity index (χ1v) is 8.72. The quantitative estimate of drug-likeness (QED) is 0.322. The molecule has 0 bridgehead atoms. The average Bonchev–Trinajstić information content (AvgIpc) is 2.92. The van der Waals surface area contributed by atoms with E-state index in [-0.39, 0.29) is 12.8 Å². The van der Waals surface area contributed by atoms with Crippen LogP contribution in [0.4, 0.5) is 0 Å². The van der Waals surface area contributed by atoms with E-state index in [1.165, 1.54) is 7.11 Å². The number of aliphatic hydroxyl groups excluding tert-OH is 3. The van der Waals surface area contributed by atoms with Crippen molar-refractivity contribution in [1.82, 2.24) is 0 Å². The molecule has 0 spiro atoms. The zero-order valence-electron chi connectivity index (χ0n) is 14.6. The van der Waals surface area contributed by atoms with E-state index in [9.17, 15) is 24.9 Å². The zero-order valence-corrected chi connectivity index (χ0v) is 16.1. The number of halogens is 2. The monoisotopic (exact) mass is 433 g/mol. The van der Waals surface area contributed by atoms with Crippen LogP contribution in [0.2, 0.25) is 10.0 Å². The number of oxime groups is 1. The van der Waals surface area contributed by atoms with Gasteiger partial charge < -0.3 is 29.6 Å². The van der Waals surface area contributed by atoms with Gasteiger partial charge in [-0.25, -0.2) is 4.79 Å². The lowest BCUT2D eigenvalue weighted by Gasteiger charge is -2.17. The van der Waals surface area contributed by atoms with Crippen LogP contribution in [0.25, 0.3) is 0 Å². The number of nitrogens with zero attached hydrogens (tertiary/aromatic N) is 1. The Kier molecular flexibility index (Phi) is 7.50. The topological polar surface area (TPSA) is 135 Å². The van der Waals surface area contributed by atoms with E-state index in [0.29, 0.717) is 21.3 Å². The Morgan fingerprint density at radius 3 is 2.57 bits per heavy atom. The first-order valence-electron chi connectivity index (χ1n) is 7.96. The van der Waals surface area contributed by atoms with E-state index in [2.05, 4.69) is 9.89 Å². The molecule has 28 heavy (non-hydrogen) atoms. The van der Waals surface area contributed by atoms with Crippen LogP contribution in [0.15, 0.2) is 34.9 Å². The molecule has 2 atom stereocenters. The minimum atomic E-state index is -1.54. The van der Waals surface area contributed by atoms with E-state index in [0.717, 1.165) is 0 Å². The Morgan fingerprint density at radius 1 is 1.29 bits per heavy atom. The van der Waals surface area contributed by atoms with Crippen molar-refractivity contribution in [3.8, 4) is 0 Å². The molecule has 0 fully saturated rings. The van der Waals surface area contributed by atoms with Gasteiger partial charge in [0.2, 0.25) is 5.76 Å². The van der Waals surface area contributed by atoms with Crippen LogP contribution in [-0.2, 0) is 23.9 Å². The summed E-state index contributed by atoms with van der Waals surface area (Å²) in [5.74, 6) is -3.66. The number of cyclic esters (lactones) is 1. The maximum atomic E-state index is 11.9. The van der Waals surface area contributed by atoms with E-state index in [1.54, 1.807) is 18.2 Å². The summed E-state index contributed by atoms with van der Waals surface area (Å²) in [6.45, 7) is -0.558. The van der Waals surface area contributed by atoms with Crippen molar-refractivity contribution in [1.29, 1.82) is 0 Å². The zero-order chi connectivity index (χ0) is 20.8. The third-order valence-corrected chi connectivity index (χ3v) is 4.46. The molecule has 0 aliphatic carbocycles. The van der Waals surface area contributed by atoms with Gasteiger partial charge in [-0.1, -0.05) is 34.4 Å². The second-order valence-electron chi connectivity index (χ2n) is 5.66. The van der Waals surface area contributed by atoms with Gasteiger partial charge in [-0.15, -0.1) is 0 Å². The fraction of sp³-hybridized carbons (Fsp3) is 0.353. The smallest absolute Gasteiger partial charge is 0.377 e. The van der Waals surface area contributed by atoms with Crippen LogP contribution in [0.3, 0.4) is 0 Å². The van der Waals surface area contributed by atoms with Gasteiger partial charge in [0.1, 0.15) is 19.8 Å². The second kappa shape index (κ2) is 9.63. The van der Waals surface area contributed by atoms with Gasteiger partial charge in [-0.05, 0) is 12.1 Å². The van der Waals surface area contributed by atoms with Crippen molar-refractivity contribution < 1.29 is 39.2 Å². The van der Waals surface area contributed by atoms with E-state index in [1.807, 2.05) is 0 Å². The van der Waals surface area contributed by atoms with Crippen LogP contribution in [0.1, 0.15) is 18.4 Å². The molecule has 0 unspecified atom stereocenters. The minimum Gasteiger partial charge on any atom is -0.505 e. The molecule has 3 N–H and O–H groups in total. The maximum absolute atomic E-state index is 11.9. The molecular formula is C17H17Cl2NO8. The Morgan fingerprint density at radius 2 is 2.00 bits per heavy atom. The molecule has 2 rings (SSSR count). The van der Waals surface area contributed by atoms with Crippen molar-refractivity contribution in [3.63, 3.8) is 0 Å². The molecule has 152 valence electrons. The van der Waals surface area contributed by atoms with E-state index < -0.39 is 42.3 Å². The molecule has 1 aromatic carbocycles. The highest BCUT2D eigenvalue weighted by Gasteiger charge is 2.39. The van der Waals surface area contributed by atoms with Crippen molar-refractivity contribution in [3.05, 3.63) is 45.3 Å². The lowest BCUT2D eigenvalue weighted by molar-refractivity contribution is -0.154. The number of carbonyl (C=O) groups excluding carboxylic acids is 2. The van der Waals surface area contributed by atoms with Crippen LogP contribution >= 0.6 is 23.2 Å². The predicted octanol–water partition coefficient (Wildman–Crippen LogP) is 2.28. The predicted molar refractivity (Wildman–Crippen MR) is 98.4 cm³/mol. The Labute approximate surface area is 169 Å². The number of benzene rings is 1. The van der Waals surface area contributed by atoms with Gasteiger partial charge in [0.15, 0.2) is 11.9 Å². The molecule has 1 aliphatic heterocycles. The number of aliphatic hydroxyl groups is 3. The number of ether oxygens (including phenoxy) is 2. The summed E-state index contributed by atoms with van der Waals surface area (Å²) >= 11 is 11.8. The third-order valence-electron chi connectivity index (χ3n) is 3.72. The van der Waals surface area contributed by atoms with Crippen LogP contribution in [0, 0.1) is 0 Å². The normalized spacial score (nSPS) is 18.1. The van der Waals surface area contributed by atoms with Crippen LogP contribution in [-0.4, -0.2) is 58.9 Å². The molecular weight excluding hydrogens is 417 g/mol. The fourth-order valence-electron chi connectivity index (χ4n) is 2.31. The van der Waals surface area contributed by atoms with Gasteiger partial charge in [-0.2, -0.15) is 0 Å². The van der Waals surface area contributed by atoms with Crippen molar-refractivity contribution in [2.24, 2.45) is 5.16 Å². The number of esters is 2. The lowest BCUT2D eigenvalue weighted by atomic mass is 10.1. The van der Waals surface area contributed by atoms with Gasteiger partial charge in [0.25, 0.3) is 0 Å². The van der Waals surface area contributed by atoms with Gasteiger partial charge in [0, 0.05) is 12.0 Å². The standard InChI is InChI=1S/C17H17Cl2NO8/c1-26-20-11(8-2-3-9(18)10(19)6-8)4-5-13(22)27-7-12(21)16-14(23)15(24)17(25)28-16/h2-3,6,12,16,21,23-24H,4-5,7H2,1H3/b20-11+/t12-,16+/m0/s1. The van der Waals surface area contributed by atoms with Crippen molar-refractivity contribution in [2.75, 3.05) is 13.7 Å². The molecule has 9 nitrogen and oxygen atoms in total.